The normalized spacial score (nSPS) is 15.9. The van der Waals surface area contributed by atoms with Crippen LogP contribution in [0, 0.1) is 23.0 Å². The van der Waals surface area contributed by atoms with E-state index in [-0.39, 0.29) is 49.0 Å². The standard InChI is InChI=1S/C25H19ClF2N6OS/c1-3-18(35)34-7-6-33(11-12(34)2)23-13(9-29)10-31-21-15(23)8-16(26)19(20(21)28)14-4-5-17(27)24-22(14)32-25(30)36-24/h3-5,8,10,12H,1,6-7,11H2,2H3,(H2,30,32). The van der Waals surface area contributed by atoms with Crippen LogP contribution < -0.4 is 10.6 Å². The molecule has 4 aromatic rings. The number of carbonyl (C=O) groups is 1. The van der Waals surface area contributed by atoms with Gasteiger partial charge in [0.1, 0.15) is 17.4 Å². The molecular formula is C25H19ClF2N6OS. The minimum atomic E-state index is -0.712. The van der Waals surface area contributed by atoms with Crippen LogP contribution in [0.3, 0.4) is 0 Å². The van der Waals surface area contributed by atoms with E-state index in [4.69, 9.17) is 17.3 Å². The Morgan fingerprint density at radius 1 is 1.36 bits per heavy atom. The average Bonchev–Trinajstić information content (AvgIpc) is 3.26. The fourth-order valence-electron chi connectivity index (χ4n) is 4.72. The van der Waals surface area contributed by atoms with Crippen LogP contribution in [0.2, 0.25) is 5.02 Å². The molecule has 11 heteroatoms. The number of fused-ring (bicyclic) bond motifs is 2. The number of anilines is 2. The first-order valence-corrected chi connectivity index (χ1v) is 12.2. The number of nitrogens with zero attached hydrogens (tertiary/aromatic N) is 5. The van der Waals surface area contributed by atoms with Gasteiger partial charge in [0.15, 0.2) is 10.9 Å². The van der Waals surface area contributed by atoms with Gasteiger partial charge in [-0.05, 0) is 31.2 Å². The predicted molar refractivity (Wildman–Crippen MR) is 138 cm³/mol. The number of nitrogen functional groups attached to an aromatic ring is 1. The van der Waals surface area contributed by atoms with E-state index in [2.05, 4.69) is 22.6 Å². The first kappa shape index (κ1) is 23.9. The number of thiazole rings is 1. The number of carbonyl (C=O) groups excluding carboxylic acids is 1. The molecule has 182 valence electrons. The summed E-state index contributed by atoms with van der Waals surface area (Å²) in [5.74, 6) is -1.40. The van der Waals surface area contributed by atoms with Gasteiger partial charge in [-0.3, -0.25) is 9.78 Å². The number of benzene rings is 2. The highest BCUT2D eigenvalue weighted by atomic mass is 35.5. The second kappa shape index (κ2) is 9.00. The molecule has 1 aliphatic rings. The van der Waals surface area contributed by atoms with Gasteiger partial charge in [-0.15, -0.1) is 0 Å². The minimum Gasteiger partial charge on any atom is -0.375 e. The molecule has 2 aromatic heterocycles. The monoisotopic (exact) mass is 524 g/mol. The van der Waals surface area contributed by atoms with E-state index < -0.39 is 11.6 Å². The van der Waals surface area contributed by atoms with Crippen molar-refractivity contribution in [1.82, 2.24) is 14.9 Å². The summed E-state index contributed by atoms with van der Waals surface area (Å²) in [5.41, 5.74) is 7.09. The van der Waals surface area contributed by atoms with Gasteiger partial charge in [0, 0.05) is 48.4 Å². The fourth-order valence-corrected chi connectivity index (χ4v) is 5.78. The van der Waals surface area contributed by atoms with Gasteiger partial charge in [-0.2, -0.15) is 5.26 Å². The number of pyridine rings is 1. The number of piperazine rings is 1. The average molecular weight is 525 g/mol. The van der Waals surface area contributed by atoms with Crippen LogP contribution in [0.1, 0.15) is 12.5 Å². The first-order valence-electron chi connectivity index (χ1n) is 11.0. The molecule has 7 nitrogen and oxygen atoms in total. The molecule has 36 heavy (non-hydrogen) atoms. The maximum Gasteiger partial charge on any atom is 0.246 e. The van der Waals surface area contributed by atoms with Crippen molar-refractivity contribution >= 4 is 60.8 Å². The molecule has 0 saturated carbocycles. The number of rotatable bonds is 3. The Balaban J connectivity index is 1.69. The molecule has 1 atom stereocenters. The largest absolute Gasteiger partial charge is 0.375 e. The summed E-state index contributed by atoms with van der Waals surface area (Å²) in [4.78, 5) is 24.2. The molecule has 2 aromatic carbocycles. The topological polar surface area (TPSA) is 99.1 Å². The van der Waals surface area contributed by atoms with Crippen LogP contribution in [-0.2, 0) is 4.79 Å². The quantitative estimate of drug-likeness (QED) is 0.373. The highest BCUT2D eigenvalue weighted by molar-refractivity contribution is 7.22. The Bertz CT molecular complexity index is 1610. The maximum atomic E-state index is 16.1. The molecule has 0 bridgehead atoms. The van der Waals surface area contributed by atoms with Crippen molar-refractivity contribution in [2.24, 2.45) is 0 Å². The molecule has 1 saturated heterocycles. The van der Waals surface area contributed by atoms with Crippen LogP contribution in [-0.4, -0.2) is 46.5 Å². The van der Waals surface area contributed by atoms with Gasteiger partial charge in [0.2, 0.25) is 5.91 Å². The van der Waals surface area contributed by atoms with E-state index in [1.807, 2.05) is 11.8 Å². The minimum absolute atomic E-state index is 0.0151. The van der Waals surface area contributed by atoms with Gasteiger partial charge in [0.05, 0.1) is 26.5 Å². The lowest BCUT2D eigenvalue weighted by Crippen LogP contribution is -2.53. The predicted octanol–water partition coefficient (Wildman–Crippen LogP) is 5.12. The lowest BCUT2D eigenvalue weighted by atomic mass is 9.99. The summed E-state index contributed by atoms with van der Waals surface area (Å²) >= 11 is 7.59. The van der Waals surface area contributed by atoms with E-state index in [0.29, 0.717) is 36.3 Å². The van der Waals surface area contributed by atoms with Crippen LogP contribution >= 0.6 is 22.9 Å². The number of halogens is 3. The van der Waals surface area contributed by atoms with Crippen molar-refractivity contribution in [2.45, 2.75) is 13.0 Å². The van der Waals surface area contributed by atoms with Crippen molar-refractivity contribution in [1.29, 1.82) is 5.26 Å². The lowest BCUT2D eigenvalue weighted by molar-refractivity contribution is -0.128. The smallest absolute Gasteiger partial charge is 0.246 e. The molecule has 5 rings (SSSR count). The first-order chi connectivity index (χ1) is 17.2. The van der Waals surface area contributed by atoms with Crippen LogP contribution in [0.15, 0.2) is 37.1 Å². The second-order valence-electron chi connectivity index (χ2n) is 8.43. The molecule has 2 N–H and O–H groups in total. The van der Waals surface area contributed by atoms with E-state index in [1.54, 1.807) is 11.0 Å². The molecule has 0 radical (unpaired) electrons. The zero-order valence-corrected chi connectivity index (χ0v) is 20.6. The van der Waals surface area contributed by atoms with Gasteiger partial charge in [-0.25, -0.2) is 13.8 Å². The van der Waals surface area contributed by atoms with Crippen LogP contribution in [0.25, 0.3) is 32.2 Å². The van der Waals surface area contributed by atoms with Crippen molar-refractivity contribution in [3.63, 3.8) is 0 Å². The lowest BCUT2D eigenvalue weighted by Gasteiger charge is -2.41. The van der Waals surface area contributed by atoms with Crippen LogP contribution in [0.5, 0.6) is 0 Å². The van der Waals surface area contributed by atoms with Gasteiger partial charge < -0.3 is 15.5 Å². The van der Waals surface area contributed by atoms with E-state index in [9.17, 15) is 14.4 Å². The molecule has 1 amide bonds. The summed E-state index contributed by atoms with van der Waals surface area (Å²) in [6, 6.07) is 6.16. The Hall–Kier alpha value is -3.81. The molecular weight excluding hydrogens is 506 g/mol. The number of amides is 1. The summed E-state index contributed by atoms with van der Waals surface area (Å²) in [5, 5.41) is 10.4. The Morgan fingerprint density at radius 2 is 2.14 bits per heavy atom. The zero-order valence-electron chi connectivity index (χ0n) is 19.1. The van der Waals surface area contributed by atoms with E-state index in [0.717, 1.165) is 11.3 Å². The van der Waals surface area contributed by atoms with Crippen molar-refractivity contribution in [3.8, 4) is 17.2 Å². The number of nitriles is 1. The SMILES string of the molecule is C=CC(=O)N1CCN(c2c(C#N)cnc3c(F)c(-c4ccc(F)c5sc(N)nc45)c(Cl)cc23)CC1C. The maximum absolute atomic E-state index is 16.1. The zero-order chi connectivity index (χ0) is 25.7. The number of nitrogens with two attached hydrogens (primary N) is 1. The summed E-state index contributed by atoms with van der Waals surface area (Å²) in [7, 11) is 0. The van der Waals surface area contributed by atoms with E-state index in [1.165, 1.54) is 24.4 Å². The highest BCUT2D eigenvalue weighted by Gasteiger charge is 2.30. The molecule has 0 aliphatic carbocycles. The molecule has 3 heterocycles. The Kier molecular flexibility index (Phi) is 5.98. The highest BCUT2D eigenvalue weighted by Crippen LogP contribution is 2.43. The molecule has 1 fully saturated rings. The van der Waals surface area contributed by atoms with Crippen molar-refractivity contribution < 1.29 is 13.6 Å². The van der Waals surface area contributed by atoms with Gasteiger partial charge in [0.25, 0.3) is 0 Å². The van der Waals surface area contributed by atoms with Crippen molar-refractivity contribution in [3.05, 3.63) is 59.3 Å². The third-order valence-corrected chi connectivity index (χ3v) is 7.52. The Labute approximate surface area is 214 Å². The Morgan fingerprint density at radius 3 is 2.83 bits per heavy atom. The summed E-state index contributed by atoms with van der Waals surface area (Å²) in [6.07, 6.45) is 2.60. The number of hydrogen-bond acceptors (Lipinski definition) is 7. The second-order valence-corrected chi connectivity index (χ2v) is 9.87. The fraction of sp³-hybridized carbons (Fsp3) is 0.200. The molecule has 1 aliphatic heterocycles. The van der Waals surface area contributed by atoms with Crippen LogP contribution in [0.4, 0.5) is 19.6 Å². The van der Waals surface area contributed by atoms with E-state index >= 15 is 4.39 Å². The summed E-state index contributed by atoms with van der Waals surface area (Å²) in [6.45, 7) is 6.70. The summed E-state index contributed by atoms with van der Waals surface area (Å²) < 4.78 is 30.6. The van der Waals surface area contributed by atoms with Gasteiger partial charge >= 0.3 is 0 Å². The van der Waals surface area contributed by atoms with Crippen molar-refractivity contribution in [2.75, 3.05) is 30.3 Å². The number of aromatic nitrogens is 2. The van der Waals surface area contributed by atoms with Gasteiger partial charge in [-0.1, -0.05) is 29.5 Å². The molecule has 0 spiro atoms. The third kappa shape index (κ3) is 3.72. The number of hydrogen-bond donors (Lipinski definition) is 1. The molecule has 1 unspecified atom stereocenters. The third-order valence-electron chi connectivity index (χ3n) is 6.33.